The summed E-state index contributed by atoms with van der Waals surface area (Å²) in [7, 11) is 0. The molecule has 0 aliphatic rings. The van der Waals surface area contributed by atoms with Crippen molar-refractivity contribution in [3.63, 3.8) is 0 Å². The van der Waals surface area contributed by atoms with Crippen LogP contribution in [0.4, 0.5) is 0 Å². The summed E-state index contributed by atoms with van der Waals surface area (Å²) in [4.78, 5) is 4.36. The molecule has 1 atom stereocenters. The van der Waals surface area contributed by atoms with Crippen LogP contribution in [0.5, 0.6) is 0 Å². The van der Waals surface area contributed by atoms with E-state index in [-0.39, 0.29) is 0 Å². The van der Waals surface area contributed by atoms with Gasteiger partial charge < -0.3 is 5.11 Å². The van der Waals surface area contributed by atoms with Crippen molar-refractivity contribution in [1.82, 2.24) is 4.98 Å². The first-order valence-electron chi connectivity index (χ1n) is 4.95. The molecule has 0 bridgehead atoms. The lowest BCUT2D eigenvalue weighted by atomic mass is 10.1. The van der Waals surface area contributed by atoms with Crippen LogP contribution in [0.2, 0.25) is 5.02 Å². The number of para-hydroxylation sites is 1. The number of halogens is 1. The van der Waals surface area contributed by atoms with Crippen LogP contribution in [0.15, 0.2) is 30.3 Å². The molecule has 0 saturated carbocycles. The molecule has 3 heteroatoms. The van der Waals surface area contributed by atoms with E-state index in [0.717, 1.165) is 10.9 Å². The zero-order chi connectivity index (χ0) is 10.8. The predicted molar refractivity (Wildman–Crippen MR) is 62.0 cm³/mol. The third kappa shape index (κ3) is 1.96. The zero-order valence-electron chi connectivity index (χ0n) is 8.44. The maximum Gasteiger partial charge on any atom is 0.0957 e. The highest BCUT2D eigenvalue weighted by atomic mass is 35.5. The Kier molecular flexibility index (Phi) is 2.89. The molecule has 0 spiro atoms. The van der Waals surface area contributed by atoms with Crippen LogP contribution in [0.1, 0.15) is 25.1 Å². The van der Waals surface area contributed by atoms with Crippen molar-refractivity contribution in [1.29, 1.82) is 0 Å². The first-order valence-corrected chi connectivity index (χ1v) is 5.33. The monoisotopic (exact) mass is 221 g/mol. The van der Waals surface area contributed by atoms with Crippen molar-refractivity contribution in [2.45, 2.75) is 19.4 Å². The van der Waals surface area contributed by atoms with Gasteiger partial charge in [-0.2, -0.15) is 0 Å². The van der Waals surface area contributed by atoms with Crippen molar-refractivity contribution < 1.29 is 5.11 Å². The van der Waals surface area contributed by atoms with E-state index in [1.165, 1.54) is 0 Å². The number of nitrogens with zero attached hydrogens (tertiary/aromatic N) is 1. The molecular formula is C12H12ClNO. The van der Waals surface area contributed by atoms with E-state index in [0.29, 0.717) is 17.1 Å². The largest absolute Gasteiger partial charge is 0.387 e. The van der Waals surface area contributed by atoms with Crippen LogP contribution in [0.25, 0.3) is 10.9 Å². The van der Waals surface area contributed by atoms with Gasteiger partial charge in [0, 0.05) is 5.39 Å². The molecule has 78 valence electrons. The van der Waals surface area contributed by atoms with E-state index in [4.69, 9.17) is 11.6 Å². The quantitative estimate of drug-likeness (QED) is 0.844. The molecule has 1 N–H and O–H groups in total. The minimum Gasteiger partial charge on any atom is -0.387 e. The van der Waals surface area contributed by atoms with Gasteiger partial charge in [-0.05, 0) is 18.6 Å². The molecule has 1 aromatic carbocycles. The Bertz CT molecular complexity index is 484. The number of fused-ring (bicyclic) bond motifs is 1. The minimum atomic E-state index is -0.509. The van der Waals surface area contributed by atoms with Gasteiger partial charge in [-0.15, -0.1) is 0 Å². The fraction of sp³-hybridized carbons (Fsp3) is 0.250. The maximum atomic E-state index is 9.67. The molecule has 0 aliphatic carbocycles. The van der Waals surface area contributed by atoms with Crippen LogP contribution in [-0.2, 0) is 0 Å². The summed E-state index contributed by atoms with van der Waals surface area (Å²) in [6, 6.07) is 9.42. The predicted octanol–water partition coefficient (Wildman–Crippen LogP) is 3.33. The molecule has 2 nitrogen and oxygen atoms in total. The average molecular weight is 222 g/mol. The van der Waals surface area contributed by atoms with Gasteiger partial charge in [0.25, 0.3) is 0 Å². The Balaban J connectivity index is 2.59. The lowest BCUT2D eigenvalue weighted by Crippen LogP contribution is -1.98. The molecule has 0 aliphatic heterocycles. The van der Waals surface area contributed by atoms with E-state index in [1.54, 1.807) is 6.07 Å². The smallest absolute Gasteiger partial charge is 0.0957 e. The van der Waals surface area contributed by atoms with Crippen molar-refractivity contribution in [3.8, 4) is 0 Å². The van der Waals surface area contributed by atoms with Gasteiger partial charge in [-0.25, -0.2) is 4.98 Å². The number of pyridine rings is 1. The highest BCUT2D eigenvalue weighted by Gasteiger charge is 2.08. The maximum absolute atomic E-state index is 9.67. The lowest BCUT2D eigenvalue weighted by molar-refractivity contribution is 0.169. The fourth-order valence-electron chi connectivity index (χ4n) is 1.52. The molecule has 1 heterocycles. The van der Waals surface area contributed by atoms with Gasteiger partial charge in [0.15, 0.2) is 0 Å². The number of hydrogen-bond donors (Lipinski definition) is 1. The Morgan fingerprint density at radius 2 is 2.13 bits per heavy atom. The topological polar surface area (TPSA) is 33.1 Å². The second-order valence-corrected chi connectivity index (χ2v) is 3.88. The van der Waals surface area contributed by atoms with Crippen molar-refractivity contribution in [3.05, 3.63) is 41.0 Å². The number of hydrogen-bond acceptors (Lipinski definition) is 2. The summed E-state index contributed by atoms with van der Waals surface area (Å²) >= 11 is 6.03. The molecule has 2 aromatic rings. The van der Waals surface area contributed by atoms with Crippen molar-refractivity contribution in [2.24, 2.45) is 0 Å². The Hall–Kier alpha value is -1.12. The molecular weight excluding hydrogens is 210 g/mol. The van der Waals surface area contributed by atoms with Gasteiger partial charge in [-0.3, -0.25) is 0 Å². The first-order chi connectivity index (χ1) is 7.22. The second-order valence-electron chi connectivity index (χ2n) is 3.47. The SMILES string of the molecule is CCC(O)c1ccc2cccc(Cl)c2n1. The third-order valence-corrected chi connectivity index (χ3v) is 2.73. The Morgan fingerprint density at radius 3 is 2.87 bits per heavy atom. The summed E-state index contributed by atoms with van der Waals surface area (Å²) in [5.41, 5.74) is 1.43. The van der Waals surface area contributed by atoms with E-state index >= 15 is 0 Å². The lowest BCUT2D eigenvalue weighted by Gasteiger charge is -2.08. The molecule has 0 amide bonds. The van der Waals surface area contributed by atoms with Crippen LogP contribution in [0, 0.1) is 0 Å². The number of aliphatic hydroxyl groups is 1. The number of aliphatic hydroxyl groups excluding tert-OH is 1. The summed E-state index contributed by atoms with van der Waals surface area (Å²) in [6.07, 6.45) is 0.147. The van der Waals surface area contributed by atoms with Gasteiger partial charge in [0.1, 0.15) is 0 Å². The van der Waals surface area contributed by atoms with Gasteiger partial charge >= 0.3 is 0 Å². The minimum absolute atomic E-state index is 0.509. The number of rotatable bonds is 2. The standard InChI is InChI=1S/C12H12ClNO/c1-2-11(15)10-7-6-8-4-3-5-9(13)12(8)14-10/h3-7,11,15H,2H2,1H3. The Labute approximate surface area is 93.5 Å². The number of benzene rings is 1. The molecule has 15 heavy (non-hydrogen) atoms. The molecule has 2 rings (SSSR count). The highest BCUT2D eigenvalue weighted by molar-refractivity contribution is 6.35. The molecule has 1 aromatic heterocycles. The van der Waals surface area contributed by atoms with Crippen molar-refractivity contribution in [2.75, 3.05) is 0 Å². The Morgan fingerprint density at radius 1 is 1.33 bits per heavy atom. The van der Waals surface area contributed by atoms with Crippen LogP contribution < -0.4 is 0 Å². The van der Waals surface area contributed by atoms with Crippen LogP contribution in [-0.4, -0.2) is 10.1 Å². The summed E-state index contributed by atoms with van der Waals surface area (Å²) in [5, 5.41) is 11.3. The summed E-state index contributed by atoms with van der Waals surface area (Å²) < 4.78 is 0. The van der Waals surface area contributed by atoms with Gasteiger partial charge in [0.2, 0.25) is 0 Å². The van der Waals surface area contributed by atoms with E-state index in [2.05, 4.69) is 4.98 Å². The van der Waals surface area contributed by atoms with E-state index in [1.807, 2.05) is 31.2 Å². The number of aromatic nitrogens is 1. The average Bonchev–Trinajstić information content (AvgIpc) is 2.28. The van der Waals surface area contributed by atoms with Crippen molar-refractivity contribution >= 4 is 22.5 Å². The third-order valence-electron chi connectivity index (χ3n) is 2.42. The first kappa shape index (κ1) is 10.4. The summed E-state index contributed by atoms with van der Waals surface area (Å²) in [5.74, 6) is 0. The molecule has 1 unspecified atom stereocenters. The van der Waals surface area contributed by atoms with E-state index < -0.39 is 6.10 Å². The van der Waals surface area contributed by atoms with Gasteiger partial charge in [-0.1, -0.05) is 36.7 Å². The van der Waals surface area contributed by atoms with E-state index in [9.17, 15) is 5.11 Å². The summed E-state index contributed by atoms with van der Waals surface area (Å²) in [6.45, 7) is 1.92. The molecule has 0 fully saturated rings. The molecule has 0 saturated heterocycles. The zero-order valence-corrected chi connectivity index (χ0v) is 9.20. The normalized spacial score (nSPS) is 13.0. The van der Waals surface area contributed by atoms with Crippen LogP contribution >= 0.6 is 11.6 Å². The second kappa shape index (κ2) is 4.17. The van der Waals surface area contributed by atoms with Gasteiger partial charge in [0.05, 0.1) is 22.3 Å². The molecule has 0 radical (unpaired) electrons. The fourth-order valence-corrected chi connectivity index (χ4v) is 1.74. The van der Waals surface area contributed by atoms with Crippen LogP contribution in [0.3, 0.4) is 0 Å². The highest BCUT2D eigenvalue weighted by Crippen LogP contribution is 2.24.